The van der Waals surface area contributed by atoms with Crippen molar-refractivity contribution in [2.75, 3.05) is 6.61 Å². The molecule has 0 atom stereocenters. The summed E-state index contributed by atoms with van der Waals surface area (Å²) in [6.07, 6.45) is 0. The van der Waals surface area contributed by atoms with E-state index in [1.807, 2.05) is 0 Å². The van der Waals surface area contributed by atoms with Gasteiger partial charge in [-0.2, -0.15) is 0 Å². The molecule has 26 heavy (non-hydrogen) atoms. The van der Waals surface area contributed by atoms with Gasteiger partial charge in [0.15, 0.2) is 0 Å². The molecule has 1 amide bonds. The summed E-state index contributed by atoms with van der Waals surface area (Å²) in [6.45, 7) is 4.99. The molecule has 0 spiro atoms. The Labute approximate surface area is 161 Å². The predicted octanol–water partition coefficient (Wildman–Crippen LogP) is 3.06. The standard InChI is InChI=1S/C18H21BrN2O4S/c1-12(2)11-25-17-8-5-14(9-16(17)19)18(22)21-10-13-3-6-15(7-4-13)26(20,23)24/h3-9,12H,10-11H2,1-2H3,(H,21,22)(H2,20,23,24). The summed E-state index contributed by atoms with van der Waals surface area (Å²) >= 11 is 3.41. The minimum Gasteiger partial charge on any atom is -0.492 e. The number of benzene rings is 2. The summed E-state index contributed by atoms with van der Waals surface area (Å²) in [5, 5.41) is 7.85. The second kappa shape index (κ2) is 8.66. The number of halogens is 1. The van der Waals surface area contributed by atoms with E-state index in [0.717, 1.165) is 5.56 Å². The molecule has 2 rings (SSSR count). The zero-order valence-corrected chi connectivity index (χ0v) is 16.9. The Kier molecular flexibility index (Phi) is 6.80. The molecule has 0 aliphatic carbocycles. The average Bonchev–Trinajstić information content (AvgIpc) is 2.58. The molecule has 0 heterocycles. The molecule has 0 saturated carbocycles. The maximum atomic E-state index is 12.3. The normalized spacial score (nSPS) is 11.4. The molecule has 8 heteroatoms. The van der Waals surface area contributed by atoms with Crippen LogP contribution in [-0.4, -0.2) is 20.9 Å². The van der Waals surface area contributed by atoms with Gasteiger partial charge in [0.1, 0.15) is 5.75 Å². The van der Waals surface area contributed by atoms with E-state index in [9.17, 15) is 13.2 Å². The molecule has 0 aromatic heterocycles. The Morgan fingerprint density at radius 1 is 1.19 bits per heavy atom. The summed E-state index contributed by atoms with van der Waals surface area (Å²) in [5.41, 5.74) is 1.26. The number of amides is 1. The van der Waals surface area contributed by atoms with Gasteiger partial charge < -0.3 is 10.1 Å². The van der Waals surface area contributed by atoms with Crippen molar-refractivity contribution in [1.29, 1.82) is 0 Å². The van der Waals surface area contributed by atoms with Crippen molar-refractivity contribution >= 4 is 31.9 Å². The van der Waals surface area contributed by atoms with Crippen LogP contribution in [-0.2, 0) is 16.6 Å². The van der Waals surface area contributed by atoms with Gasteiger partial charge in [-0.05, 0) is 57.7 Å². The highest BCUT2D eigenvalue weighted by molar-refractivity contribution is 9.10. The van der Waals surface area contributed by atoms with Gasteiger partial charge in [0, 0.05) is 12.1 Å². The van der Waals surface area contributed by atoms with Crippen molar-refractivity contribution in [1.82, 2.24) is 5.32 Å². The number of ether oxygens (including phenoxy) is 1. The van der Waals surface area contributed by atoms with E-state index in [1.54, 1.807) is 30.3 Å². The van der Waals surface area contributed by atoms with Crippen molar-refractivity contribution in [2.24, 2.45) is 11.1 Å². The van der Waals surface area contributed by atoms with Crippen LogP contribution in [0.25, 0.3) is 0 Å². The summed E-state index contributed by atoms with van der Waals surface area (Å²) in [6, 6.07) is 11.2. The fraction of sp³-hybridized carbons (Fsp3) is 0.278. The molecule has 3 N–H and O–H groups in total. The molecule has 0 aliphatic heterocycles. The lowest BCUT2D eigenvalue weighted by Crippen LogP contribution is -2.23. The highest BCUT2D eigenvalue weighted by atomic mass is 79.9. The van der Waals surface area contributed by atoms with Crippen LogP contribution in [0.4, 0.5) is 0 Å². The number of carbonyl (C=O) groups is 1. The summed E-state index contributed by atoms with van der Waals surface area (Å²) < 4.78 is 28.8. The summed E-state index contributed by atoms with van der Waals surface area (Å²) in [5.74, 6) is 0.857. The number of hydrogen-bond acceptors (Lipinski definition) is 4. The van der Waals surface area contributed by atoms with E-state index in [1.165, 1.54) is 12.1 Å². The topological polar surface area (TPSA) is 98.5 Å². The van der Waals surface area contributed by atoms with E-state index in [2.05, 4.69) is 35.1 Å². The van der Waals surface area contributed by atoms with Crippen LogP contribution in [0.3, 0.4) is 0 Å². The second-order valence-corrected chi connectivity index (χ2v) is 8.64. The number of nitrogens with two attached hydrogens (primary N) is 1. The molecular formula is C18H21BrN2O4S. The lowest BCUT2D eigenvalue weighted by atomic mass is 10.2. The van der Waals surface area contributed by atoms with E-state index < -0.39 is 10.0 Å². The first-order valence-electron chi connectivity index (χ1n) is 7.99. The average molecular weight is 441 g/mol. The minimum atomic E-state index is -3.72. The molecule has 0 aliphatic rings. The Bertz CT molecular complexity index is 881. The first-order chi connectivity index (χ1) is 12.2. The van der Waals surface area contributed by atoms with Crippen LogP contribution in [0, 0.1) is 5.92 Å². The number of carbonyl (C=O) groups excluding carboxylic acids is 1. The summed E-state index contributed by atoms with van der Waals surface area (Å²) in [4.78, 5) is 12.3. The lowest BCUT2D eigenvalue weighted by Gasteiger charge is -2.12. The zero-order valence-electron chi connectivity index (χ0n) is 14.5. The van der Waals surface area contributed by atoms with Crippen LogP contribution in [0.15, 0.2) is 51.8 Å². The molecule has 0 bridgehead atoms. The van der Waals surface area contributed by atoms with Gasteiger partial charge in [0.2, 0.25) is 10.0 Å². The fourth-order valence-corrected chi connectivity index (χ4v) is 3.11. The van der Waals surface area contributed by atoms with Crippen molar-refractivity contribution in [3.63, 3.8) is 0 Å². The van der Waals surface area contributed by atoms with Gasteiger partial charge in [-0.15, -0.1) is 0 Å². The highest BCUT2D eigenvalue weighted by Crippen LogP contribution is 2.26. The SMILES string of the molecule is CC(C)COc1ccc(C(=O)NCc2ccc(S(N)(=O)=O)cc2)cc1Br. The molecule has 0 fully saturated rings. The quantitative estimate of drug-likeness (QED) is 0.690. The van der Waals surface area contributed by atoms with Gasteiger partial charge in [-0.25, -0.2) is 13.6 Å². The first-order valence-corrected chi connectivity index (χ1v) is 10.3. The minimum absolute atomic E-state index is 0.0356. The largest absolute Gasteiger partial charge is 0.492 e. The third kappa shape index (κ3) is 5.82. The monoisotopic (exact) mass is 440 g/mol. The van der Waals surface area contributed by atoms with Crippen molar-refractivity contribution in [3.05, 3.63) is 58.1 Å². The maximum Gasteiger partial charge on any atom is 0.251 e. The number of rotatable bonds is 7. The van der Waals surface area contributed by atoms with Gasteiger partial charge in [-0.1, -0.05) is 26.0 Å². The van der Waals surface area contributed by atoms with Crippen molar-refractivity contribution in [3.8, 4) is 5.75 Å². The van der Waals surface area contributed by atoms with E-state index in [-0.39, 0.29) is 17.3 Å². The van der Waals surface area contributed by atoms with Crippen LogP contribution in [0.5, 0.6) is 5.75 Å². The van der Waals surface area contributed by atoms with Crippen molar-refractivity contribution < 1.29 is 17.9 Å². The molecule has 0 saturated heterocycles. The Hall–Kier alpha value is -1.90. The Balaban J connectivity index is 1.98. The van der Waals surface area contributed by atoms with Gasteiger partial charge in [0.25, 0.3) is 5.91 Å². The van der Waals surface area contributed by atoms with E-state index in [4.69, 9.17) is 9.88 Å². The third-order valence-corrected chi connectivity index (χ3v) is 5.02. The van der Waals surface area contributed by atoms with Crippen LogP contribution < -0.4 is 15.2 Å². The predicted molar refractivity (Wildman–Crippen MR) is 103 cm³/mol. The maximum absolute atomic E-state index is 12.3. The molecule has 0 unspecified atom stereocenters. The number of nitrogens with one attached hydrogen (secondary N) is 1. The molecular weight excluding hydrogens is 420 g/mol. The smallest absolute Gasteiger partial charge is 0.251 e. The Morgan fingerprint density at radius 2 is 1.85 bits per heavy atom. The van der Waals surface area contributed by atoms with Crippen LogP contribution in [0.2, 0.25) is 0 Å². The highest BCUT2D eigenvalue weighted by Gasteiger charge is 2.11. The third-order valence-electron chi connectivity index (χ3n) is 3.47. The van der Waals surface area contributed by atoms with Crippen LogP contribution in [0.1, 0.15) is 29.8 Å². The van der Waals surface area contributed by atoms with Gasteiger partial charge >= 0.3 is 0 Å². The molecule has 2 aromatic rings. The number of sulfonamides is 1. The molecule has 2 aromatic carbocycles. The molecule has 140 valence electrons. The van der Waals surface area contributed by atoms with Crippen LogP contribution >= 0.6 is 15.9 Å². The summed E-state index contributed by atoms with van der Waals surface area (Å²) in [7, 11) is -3.72. The second-order valence-electron chi connectivity index (χ2n) is 6.22. The van der Waals surface area contributed by atoms with Gasteiger partial charge in [-0.3, -0.25) is 4.79 Å². The lowest BCUT2D eigenvalue weighted by molar-refractivity contribution is 0.0950. The first kappa shape index (κ1) is 20.4. The van der Waals surface area contributed by atoms with Gasteiger partial charge in [0.05, 0.1) is 16.0 Å². The molecule has 0 radical (unpaired) electrons. The molecule has 6 nitrogen and oxygen atoms in total. The van der Waals surface area contributed by atoms with E-state index >= 15 is 0 Å². The Morgan fingerprint density at radius 3 is 2.38 bits per heavy atom. The van der Waals surface area contributed by atoms with Crippen molar-refractivity contribution in [2.45, 2.75) is 25.3 Å². The number of primary sulfonamides is 1. The fourth-order valence-electron chi connectivity index (χ4n) is 2.10. The van der Waals surface area contributed by atoms with E-state index in [0.29, 0.717) is 28.3 Å². The number of hydrogen-bond donors (Lipinski definition) is 2. The zero-order chi connectivity index (χ0) is 19.3.